The van der Waals surface area contributed by atoms with Gasteiger partial charge in [0.15, 0.2) is 0 Å². The molecule has 0 amide bonds. The number of aliphatic hydroxyl groups is 1. The molecule has 2 heteroatoms. The Bertz CT molecular complexity index is 7.51. The van der Waals surface area contributed by atoms with Gasteiger partial charge >= 0.3 is 21.1 Å². The van der Waals surface area contributed by atoms with E-state index in [1.54, 1.807) is 0 Å². The number of hydrogen-bond donors (Lipinski definition) is 1. The first-order chi connectivity index (χ1) is 2.41. The van der Waals surface area contributed by atoms with Crippen LogP contribution in [0, 0.1) is 14.0 Å². The van der Waals surface area contributed by atoms with E-state index >= 15 is 0 Å². The summed E-state index contributed by atoms with van der Waals surface area (Å²) < 4.78 is 0. The van der Waals surface area contributed by atoms with Gasteiger partial charge in [0.2, 0.25) is 0 Å². The van der Waals surface area contributed by atoms with E-state index in [4.69, 9.17) is 5.11 Å². The van der Waals surface area contributed by atoms with Crippen molar-refractivity contribution in [3.63, 3.8) is 0 Å². The normalized spacial score (nSPS) is 4.00. The predicted octanol–water partition coefficient (Wildman–Crippen LogP) is 1.38. The molecule has 0 spiro atoms. The largest absolute Gasteiger partial charge is 2.00 e. The van der Waals surface area contributed by atoms with Crippen molar-refractivity contribution < 1.29 is 26.2 Å². The molecule has 0 aliphatic heterocycles. The minimum absolute atomic E-state index is 0. The summed E-state index contributed by atoms with van der Waals surface area (Å²) in [5.41, 5.74) is 0. The zero-order valence-corrected chi connectivity index (χ0v) is 6.91. The molecule has 1 nitrogen and oxygen atoms in total. The smallest absolute Gasteiger partial charge is 0.569 e. The molecule has 0 fully saturated rings. The zero-order valence-electron chi connectivity index (χ0n) is 3.98. The van der Waals surface area contributed by atoms with E-state index < -0.39 is 0 Å². The van der Waals surface area contributed by atoms with Crippen LogP contribution in [0.3, 0.4) is 0 Å². The summed E-state index contributed by atoms with van der Waals surface area (Å²) in [4.78, 5) is 0. The minimum atomic E-state index is 0. The first kappa shape index (κ1) is 15.9. The summed E-state index contributed by atoms with van der Waals surface area (Å²) in [7, 11) is 2.25. The van der Waals surface area contributed by atoms with Crippen LogP contribution in [-0.4, -0.2) is 5.11 Å². The van der Waals surface area contributed by atoms with Gasteiger partial charge in [-0.2, -0.15) is 6.42 Å². The van der Waals surface area contributed by atoms with Gasteiger partial charge in [0.1, 0.15) is 0 Å². The van der Waals surface area contributed by atoms with E-state index in [-0.39, 0.29) is 21.1 Å². The van der Waals surface area contributed by atoms with Gasteiger partial charge in [0.25, 0.3) is 0 Å². The predicted molar refractivity (Wildman–Crippen MR) is 22.9 cm³/mol. The molecule has 0 heterocycles. The fraction of sp³-hybridized carbons (Fsp3) is 0.500. The molecule has 0 unspecified atom stereocenters. The van der Waals surface area contributed by atoms with Crippen LogP contribution in [0.15, 0.2) is 0 Å². The Hall–Kier alpha value is 0.648. The fourth-order valence-electron chi connectivity index (χ4n) is 0. The summed E-state index contributed by atoms with van der Waals surface area (Å²) in [6.07, 6.45) is 1.00. The maximum Gasteiger partial charge on any atom is 2.00 e. The molecule has 0 saturated carbocycles. The summed E-state index contributed by atoms with van der Waals surface area (Å²) in [6, 6.07) is 0. The van der Waals surface area contributed by atoms with Crippen LogP contribution in [0.1, 0.15) is 13.3 Å². The maximum absolute atomic E-state index is 6.75. The molecule has 0 saturated heterocycles. The van der Waals surface area contributed by atoms with Gasteiger partial charge in [-0.1, -0.05) is 6.92 Å². The van der Waals surface area contributed by atoms with Crippen LogP contribution in [-0.2, 0) is 21.1 Å². The van der Waals surface area contributed by atoms with Gasteiger partial charge in [-0.3, -0.25) is 0 Å². The first-order valence-electron chi connectivity index (χ1n) is 1.52. The van der Waals surface area contributed by atoms with Gasteiger partial charge in [0, 0.05) is 0 Å². The van der Waals surface area contributed by atoms with E-state index in [0.717, 1.165) is 6.42 Å². The van der Waals surface area contributed by atoms with Gasteiger partial charge in [-0.15, -0.1) is 0 Å². The topological polar surface area (TPSA) is 20.2 Å². The zero-order chi connectivity index (χ0) is 4.71. The van der Waals surface area contributed by atoms with Crippen molar-refractivity contribution in [2.75, 3.05) is 0 Å². The molecule has 38 valence electrons. The summed E-state index contributed by atoms with van der Waals surface area (Å²) >= 11 is 0. The van der Waals surface area contributed by atoms with E-state index in [2.05, 4.69) is 14.0 Å². The van der Waals surface area contributed by atoms with Crippen molar-refractivity contribution in [2.45, 2.75) is 13.3 Å². The Morgan fingerprint density at radius 2 is 1.50 bits per heavy atom. The summed E-state index contributed by atoms with van der Waals surface area (Å²) in [5.74, 6) is 0. The molecule has 0 bridgehead atoms. The number of aliphatic hydroxyl groups excluding tert-OH is 1. The second kappa shape index (κ2) is 44.9. The molecule has 0 atom stereocenters. The monoisotopic (exact) mass is 258 g/mol. The number of rotatable bonds is 0. The van der Waals surface area contributed by atoms with Crippen LogP contribution in [0.25, 0.3) is 0 Å². The molecule has 0 aromatic heterocycles. The van der Waals surface area contributed by atoms with Crippen molar-refractivity contribution in [2.24, 2.45) is 0 Å². The van der Waals surface area contributed by atoms with E-state index in [0.29, 0.717) is 0 Å². The SMILES string of the molecule is [CH2-]CC.[CH2-]O.[W+2]. The second-order valence-corrected chi connectivity index (χ2v) is 0.500. The number of hydrogen-bond acceptors (Lipinski definition) is 1. The first-order valence-corrected chi connectivity index (χ1v) is 1.52. The Labute approximate surface area is 54.0 Å². The Morgan fingerprint density at radius 1 is 1.50 bits per heavy atom. The van der Waals surface area contributed by atoms with Crippen molar-refractivity contribution in [3.8, 4) is 0 Å². The fourth-order valence-corrected chi connectivity index (χ4v) is 0. The summed E-state index contributed by atoms with van der Waals surface area (Å²) in [6.45, 7) is 5.50. The molecule has 1 N–H and O–H groups in total. The molecule has 0 aliphatic carbocycles. The van der Waals surface area contributed by atoms with Crippen LogP contribution in [0.4, 0.5) is 0 Å². The molecule has 0 rings (SSSR count). The van der Waals surface area contributed by atoms with Gasteiger partial charge in [-0.25, -0.2) is 7.11 Å². The average Bonchev–Trinajstić information content (AvgIpc) is 1.46. The van der Waals surface area contributed by atoms with Crippen LogP contribution in [0.2, 0.25) is 0 Å². The maximum atomic E-state index is 6.75. The van der Waals surface area contributed by atoms with Crippen molar-refractivity contribution in [1.29, 1.82) is 0 Å². The quantitative estimate of drug-likeness (QED) is 0.651. The van der Waals surface area contributed by atoms with Crippen molar-refractivity contribution >= 4 is 0 Å². The standard InChI is InChI=1S/C3H7.CH3O.W/c1-3-2;1-2;/h1,3H2,2H3;2H,1H2;/q2*-1;+2. The Kier molecular flexibility index (Phi) is 119. The molecule has 6 heavy (non-hydrogen) atoms. The second-order valence-electron chi connectivity index (χ2n) is 0.500. The molecule has 0 radical (unpaired) electrons. The molecule has 0 aromatic carbocycles. The van der Waals surface area contributed by atoms with Crippen molar-refractivity contribution in [3.05, 3.63) is 14.0 Å². The average molecular weight is 258 g/mol. The third-order valence-corrected chi connectivity index (χ3v) is 0. The van der Waals surface area contributed by atoms with Gasteiger partial charge in [-0.05, 0) is 0 Å². The third kappa shape index (κ3) is 147. The van der Waals surface area contributed by atoms with E-state index in [1.807, 2.05) is 6.92 Å². The summed E-state index contributed by atoms with van der Waals surface area (Å²) in [5, 5.41) is 6.75. The van der Waals surface area contributed by atoms with Gasteiger partial charge < -0.3 is 12.0 Å². The Morgan fingerprint density at radius 3 is 1.50 bits per heavy atom. The van der Waals surface area contributed by atoms with Crippen molar-refractivity contribution in [1.82, 2.24) is 0 Å². The Balaban J connectivity index is -0.0000000275. The van der Waals surface area contributed by atoms with Crippen LogP contribution < -0.4 is 0 Å². The van der Waals surface area contributed by atoms with Crippen LogP contribution in [0.5, 0.6) is 0 Å². The van der Waals surface area contributed by atoms with E-state index in [9.17, 15) is 0 Å². The molecular formula is C4H10OW. The molecule has 0 aromatic rings. The van der Waals surface area contributed by atoms with Crippen LogP contribution >= 0.6 is 0 Å². The minimum Gasteiger partial charge on any atom is -0.569 e. The third-order valence-electron chi connectivity index (χ3n) is 0. The molecular weight excluding hydrogens is 248 g/mol. The van der Waals surface area contributed by atoms with E-state index in [1.165, 1.54) is 0 Å². The molecule has 0 aliphatic rings. The van der Waals surface area contributed by atoms with Gasteiger partial charge in [0.05, 0.1) is 0 Å².